The molecule has 2 rings (SSSR count). The maximum absolute atomic E-state index is 11.1. The Balaban J connectivity index is 2.03. The number of aryl methyl sites for hydroxylation is 1. The zero-order chi connectivity index (χ0) is 14.5. The van der Waals surface area contributed by atoms with E-state index in [1.807, 2.05) is 19.2 Å². The van der Waals surface area contributed by atoms with E-state index in [9.17, 15) is 4.79 Å². The molecule has 0 saturated heterocycles. The molecule has 0 amide bonds. The van der Waals surface area contributed by atoms with Crippen molar-refractivity contribution in [1.82, 2.24) is 9.78 Å². The molecular weight excluding hydrogens is 324 g/mol. The van der Waals surface area contributed by atoms with Crippen LogP contribution in [0.4, 0.5) is 0 Å². The van der Waals surface area contributed by atoms with Crippen molar-refractivity contribution in [3.63, 3.8) is 0 Å². The molecule has 0 radical (unpaired) electrons. The Hall–Kier alpha value is -1.82. The molecule has 1 aromatic carbocycles. The lowest BCUT2D eigenvalue weighted by Gasteiger charge is -2.06. The van der Waals surface area contributed by atoms with Crippen LogP contribution in [-0.4, -0.2) is 29.0 Å². The minimum absolute atomic E-state index is 0.295. The summed E-state index contributed by atoms with van der Waals surface area (Å²) in [6.07, 6.45) is 4.76. The Morgan fingerprint density at radius 2 is 2.30 bits per heavy atom. The molecule has 0 N–H and O–H groups in total. The van der Waals surface area contributed by atoms with Gasteiger partial charge in [-0.15, -0.1) is 0 Å². The summed E-state index contributed by atoms with van der Waals surface area (Å²) < 4.78 is 13.0. The Morgan fingerprint density at radius 1 is 1.50 bits per heavy atom. The third-order valence-corrected chi connectivity index (χ3v) is 3.52. The first-order chi connectivity index (χ1) is 9.63. The van der Waals surface area contributed by atoms with Gasteiger partial charge in [-0.25, -0.2) is 4.79 Å². The zero-order valence-electron chi connectivity index (χ0n) is 11.3. The number of hydrogen-bond acceptors (Lipinski definition) is 4. The first-order valence-electron chi connectivity index (χ1n) is 6.19. The molecule has 20 heavy (non-hydrogen) atoms. The summed E-state index contributed by atoms with van der Waals surface area (Å²) in [4.78, 5) is 11.1. The van der Waals surface area contributed by atoms with E-state index in [0.29, 0.717) is 19.0 Å². The average Bonchev–Trinajstić information content (AvgIpc) is 2.80. The van der Waals surface area contributed by atoms with Crippen LogP contribution < -0.4 is 4.74 Å². The Labute approximate surface area is 125 Å². The smallest absolute Gasteiger partial charge is 0.330 e. The fourth-order valence-electron chi connectivity index (χ4n) is 1.76. The minimum Gasteiger partial charge on any atom is -0.488 e. The third kappa shape index (κ3) is 3.19. The molecule has 0 spiro atoms. The summed E-state index contributed by atoms with van der Waals surface area (Å²) in [6, 6.07) is 3.81. The van der Waals surface area contributed by atoms with E-state index in [2.05, 4.69) is 21.0 Å². The van der Waals surface area contributed by atoms with Gasteiger partial charge in [0.2, 0.25) is 0 Å². The van der Waals surface area contributed by atoms with Crippen LogP contribution >= 0.6 is 15.9 Å². The molecule has 0 aliphatic carbocycles. The van der Waals surface area contributed by atoms with Gasteiger partial charge >= 0.3 is 5.97 Å². The van der Waals surface area contributed by atoms with Crippen molar-refractivity contribution < 1.29 is 14.3 Å². The predicted molar refractivity (Wildman–Crippen MR) is 79.7 cm³/mol. The number of halogens is 1. The number of fused-ring (bicyclic) bond motifs is 1. The summed E-state index contributed by atoms with van der Waals surface area (Å²) in [5, 5.41) is 5.18. The van der Waals surface area contributed by atoms with Gasteiger partial charge in [0.15, 0.2) is 0 Å². The monoisotopic (exact) mass is 338 g/mol. The second-order valence-corrected chi connectivity index (χ2v) is 4.84. The van der Waals surface area contributed by atoms with Gasteiger partial charge in [0.25, 0.3) is 0 Å². The van der Waals surface area contributed by atoms with Gasteiger partial charge in [-0.05, 0) is 41.1 Å². The lowest BCUT2D eigenvalue weighted by Crippen LogP contribution is -2.01. The van der Waals surface area contributed by atoms with Crippen LogP contribution in [0.3, 0.4) is 0 Å². The van der Waals surface area contributed by atoms with Crippen molar-refractivity contribution in [2.45, 2.75) is 6.92 Å². The van der Waals surface area contributed by atoms with Crippen molar-refractivity contribution in [2.75, 3.05) is 13.2 Å². The highest BCUT2D eigenvalue weighted by Gasteiger charge is 2.08. The van der Waals surface area contributed by atoms with Crippen molar-refractivity contribution in [3.8, 4) is 5.75 Å². The molecule has 0 aliphatic heterocycles. The molecule has 5 nitrogen and oxygen atoms in total. The van der Waals surface area contributed by atoms with E-state index in [1.165, 1.54) is 6.08 Å². The maximum atomic E-state index is 11.1. The number of carbonyl (C=O) groups excluding carboxylic acids is 1. The molecule has 0 fully saturated rings. The Kier molecular flexibility index (Phi) is 4.79. The van der Waals surface area contributed by atoms with Crippen LogP contribution in [0, 0.1) is 0 Å². The van der Waals surface area contributed by atoms with Crippen LogP contribution in [0.25, 0.3) is 10.9 Å². The first kappa shape index (κ1) is 14.6. The largest absolute Gasteiger partial charge is 0.488 e. The molecule has 1 heterocycles. The van der Waals surface area contributed by atoms with Gasteiger partial charge < -0.3 is 9.47 Å². The van der Waals surface area contributed by atoms with Gasteiger partial charge in [-0.1, -0.05) is 0 Å². The fourth-order valence-corrected chi connectivity index (χ4v) is 2.31. The SMILES string of the molecule is CCOC(=O)/C=C/COc1ccc2c(cnn2C)c1Br. The molecule has 2 aromatic rings. The van der Waals surface area contributed by atoms with Gasteiger partial charge in [0, 0.05) is 18.5 Å². The molecule has 0 bridgehead atoms. The summed E-state index contributed by atoms with van der Waals surface area (Å²) in [7, 11) is 1.89. The lowest BCUT2D eigenvalue weighted by molar-refractivity contribution is -0.137. The second-order valence-electron chi connectivity index (χ2n) is 4.04. The van der Waals surface area contributed by atoms with Gasteiger partial charge in [-0.2, -0.15) is 5.10 Å². The summed E-state index contributed by atoms with van der Waals surface area (Å²) in [5.41, 5.74) is 1.02. The minimum atomic E-state index is -0.363. The predicted octanol–water partition coefficient (Wildman–Crippen LogP) is 2.83. The number of aromatic nitrogens is 2. The number of rotatable bonds is 5. The van der Waals surface area contributed by atoms with Crippen LogP contribution in [0.5, 0.6) is 5.75 Å². The molecule has 0 aliphatic rings. The number of carbonyl (C=O) groups is 1. The molecule has 0 saturated carbocycles. The fraction of sp³-hybridized carbons (Fsp3) is 0.286. The van der Waals surface area contributed by atoms with Crippen LogP contribution in [0.2, 0.25) is 0 Å². The number of benzene rings is 1. The van der Waals surface area contributed by atoms with Crippen LogP contribution in [0.15, 0.2) is 35.0 Å². The third-order valence-electron chi connectivity index (χ3n) is 2.71. The highest BCUT2D eigenvalue weighted by atomic mass is 79.9. The van der Waals surface area contributed by atoms with Gasteiger partial charge in [-0.3, -0.25) is 4.68 Å². The average molecular weight is 339 g/mol. The highest BCUT2D eigenvalue weighted by Crippen LogP contribution is 2.32. The van der Waals surface area contributed by atoms with E-state index >= 15 is 0 Å². The quantitative estimate of drug-likeness (QED) is 0.621. The van der Waals surface area contributed by atoms with E-state index in [1.54, 1.807) is 23.9 Å². The number of hydrogen-bond donors (Lipinski definition) is 0. The molecular formula is C14H15BrN2O3. The summed E-state index contributed by atoms with van der Waals surface area (Å²) in [5.74, 6) is 0.344. The van der Waals surface area contributed by atoms with E-state index < -0.39 is 0 Å². The number of esters is 1. The molecule has 0 unspecified atom stereocenters. The zero-order valence-corrected chi connectivity index (χ0v) is 12.9. The van der Waals surface area contributed by atoms with E-state index in [4.69, 9.17) is 9.47 Å². The van der Waals surface area contributed by atoms with Crippen molar-refractivity contribution in [2.24, 2.45) is 7.05 Å². The lowest BCUT2D eigenvalue weighted by atomic mass is 10.2. The topological polar surface area (TPSA) is 53.4 Å². The van der Waals surface area contributed by atoms with Crippen molar-refractivity contribution in [3.05, 3.63) is 35.0 Å². The number of ether oxygens (including phenoxy) is 2. The normalized spacial score (nSPS) is 11.2. The standard InChI is InChI=1S/C14H15BrN2O3/c1-3-19-13(18)5-4-8-20-12-7-6-11-10(14(12)15)9-16-17(11)2/h4-7,9H,3,8H2,1-2H3/b5-4+. The second kappa shape index (κ2) is 6.56. The molecule has 0 atom stereocenters. The van der Waals surface area contributed by atoms with E-state index in [-0.39, 0.29) is 5.97 Å². The van der Waals surface area contributed by atoms with E-state index in [0.717, 1.165) is 15.4 Å². The number of nitrogens with zero attached hydrogens (tertiary/aromatic N) is 2. The van der Waals surface area contributed by atoms with Crippen LogP contribution in [0.1, 0.15) is 6.92 Å². The van der Waals surface area contributed by atoms with Gasteiger partial charge in [0.1, 0.15) is 12.4 Å². The summed E-state index contributed by atoms with van der Waals surface area (Å²) >= 11 is 3.51. The van der Waals surface area contributed by atoms with Gasteiger partial charge in [0.05, 0.1) is 22.8 Å². The Morgan fingerprint density at radius 3 is 3.05 bits per heavy atom. The maximum Gasteiger partial charge on any atom is 0.330 e. The van der Waals surface area contributed by atoms with Crippen molar-refractivity contribution in [1.29, 1.82) is 0 Å². The Bertz CT molecular complexity index is 649. The highest BCUT2D eigenvalue weighted by molar-refractivity contribution is 9.10. The molecule has 106 valence electrons. The molecule has 6 heteroatoms. The molecule has 1 aromatic heterocycles. The summed E-state index contributed by atoms with van der Waals surface area (Å²) in [6.45, 7) is 2.43. The van der Waals surface area contributed by atoms with Crippen LogP contribution in [-0.2, 0) is 16.6 Å². The first-order valence-corrected chi connectivity index (χ1v) is 6.99. The van der Waals surface area contributed by atoms with Crippen molar-refractivity contribution >= 4 is 32.8 Å².